The molecule has 0 atom stereocenters. The first-order chi connectivity index (χ1) is 4.30. The third-order valence-electron chi connectivity index (χ3n) is 0.687. The molecular formula is C6H10ClNS. The van der Waals surface area contributed by atoms with E-state index in [1.807, 2.05) is 20.8 Å². The lowest BCUT2D eigenvalue weighted by molar-refractivity contribution is 1.27. The molecule has 0 aliphatic heterocycles. The molecule has 52 valence electrons. The predicted octanol–water partition coefficient (Wildman–Crippen LogP) is 3.13. The van der Waals surface area contributed by atoms with Crippen LogP contribution in [0.5, 0.6) is 0 Å². The summed E-state index contributed by atoms with van der Waals surface area (Å²) in [6.45, 7) is 5.89. The van der Waals surface area contributed by atoms with Crippen LogP contribution in [0.15, 0.2) is 5.51 Å². The van der Waals surface area contributed by atoms with E-state index in [4.69, 9.17) is 11.6 Å². The number of hydrogen-bond donors (Lipinski definition) is 0. The Balaban J connectivity index is 0.000000291. The number of halogens is 1. The molecule has 1 aromatic heterocycles. The lowest BCUT2D eigenvalue weighted by atomic mass is 10.6. The topological polar surface area (TPSA) is 12.9 Å². The number of aromatic nitrogens is 1. The molecule has 0 aromatic carbocycles. The number of hydrogen-bond acceptors (Lipinski definition) is 2. The highest BCUT2D eigenvalue weighted by Gasteiger charge is 1.91. The lowest BCUT2D eigenvalue weighted by Crippen LogP contribution is -1.63. The summed E-state index contributed by atoms with van der Waals surface area (Å²) in [5.74, 6) is 0. The summed E-state index contributed by atoms with van der Waals surface area (Å²) >= 11 is 7.04. The monoisotopic (exact) mass is 163 g/mol. The lowest BCUT2D eigenvalue weighted by Gasteiger charge is -1.74. The van der Waals surface area contributed by atoms with Crippen LogP contribution in [0.25, 0.3) is 0 Å². The number of rotatable bonds is 0. The molecule has 9 heavy (non-hydrogen) atoms. The Labute approximate surface area is 64.7 Å². The maximum Gasteiger partial charge on any atom is 0.116 e. The first kappa shape index (κ1) is 8.92. The molecule has 0 bridgehead atoms. The highest BCUT2D eigenvalue weighted by molar-refractivity contribution is 7.14. The average molecular weight is 164 g/mol. The number of aryl methyl sites for hydroxylation is 1. The van der Waals surface area contributed by atoms with Gasteiger partial charge in [-0.15, -0.1) is 11.3 Å². The van der Waals surface area contributed by atoms with Crippen LogP contribution in [0, 0.1) is 6.92 Å². The number of nitrogens with zero attached hydrogens (tertiary/aromatic N) is 1. The van der Waals surface area contributed by atoms with E-state index in [2.05, 4.69) is 4.98 Å². The molecule has 0 radical (unpaired) electrons. The van der Waals surface area contributed by atoms with E-state index >= 15 is 0 Å². The van der Waals surface area contributed by atoms with Gasteiger partial charge >= 0.3 is 0 Å². The van der Waals surface area contributed by atoms with Crippen LogP contribution >= 0.6 is 22.9 Å². The third-order valence-corrected chi connectivity index (χ3v) is 1.94. The molecular weight excluding hydrogens is 154 g/mol. The van der Waals surface area contributed by atoms with Gasteiger partial charge in [0.1, 0.15) is 4.34 Å². The van der Waals surface area contributed by atoms with Gasteiger partial charge in [0.25, 0.3) is 0 Å². The molecule has 1 rings (SSSR count). The Kier molecular flexibility index (Phi) is 4.72. The SMILES string of the molecule is CC.Cc1ncsc1Cl. The van der Waals surface area contributed by atoms with Crippen molar-refractivity contribution in [1.82, 2.24) is 4.98 Å². The second-order valence-corrected chi connectivity index (χ2v) is 2.67. The van der Waals surface area contributed by atoms with Crippen molar-refractivity contribution in [3.05, 3.63) is 15.5 Å². The van der Waals surface area contributed by atoms with Crippen molar-refractivity contribution in [1.29, 1.82) is 0 Å². The van der Waals surface area contributed by atoms with Crippen LogP contribution in [0.2, 0.25) is 4.34 Å². The normalized spacial score (nSPS) is 8.00. The van der Waals surface area contributed by atoms with Crippen molar-refractivity contribution in [3.63, 3.8) is 0 Å². The van der Waals surface area contributed by atoms with Crippen molar-refractivity contribution < 1.29 is 0 Å². The molecule has 1 aromatic rings. The predicted molar refractivity (Wildman–Crippen MR) is 43.2 cm³/mol. The zero-order valence-corrected chi connectivity index (χ0v) is 7.38. The van der Waals surface area contributed by atoms with Gasteiger partial charge in [0, 0.05) is 0 Å². The zero-order valence-electron chi connectivity index (χ0n) is 5.81. The van der Waals surface area contributed by atoms with Gasteiger partial charge in [-0.3, -0.25) is 0 Å². The maximum atomic E-state index is 5.58. The molecule has 0 N–H and O–H groups in total. The molecule has 0 saturated heterocycles. The highest BCUT2D eigenvalue weighted by Crippen LogP contribution is 2.17. The van der Waals surface area contributed by atoms with Crippen molar-refractivity contribution in [2.24, 2.45) is 0 Å². The van der Waals surface area contributed by atoms with E-state index in [0.29, 0.717) is 0 Å². The Hall–Kier alpha value is -0.0800. The molecule has 3 heteroatoms. The first-order valence-corrected chi connectivity index (χ1v) is 4.12. The van der Waals surface area contributed by atoms with E-state index in [1.165, 1.54) is 11.3 Å². The fourth-order valence-electron chi connectivity index (χ4n) is 0.288. The van der Waals surface area contributed by atoms with Crippen molar-refractivity contribution in [2.75, 3.05) is 0 Å². The highest BCUT2D eigenvalue weighted by atomic mass is 35.5. The largest absolute Gasteiger partial charge is 0.248 e. The average Bonchev–Trinajstić information content (AvgIpc) is 2.23. The Morgan fingerprint density at radius 1 is 1.56 bits per heavy atom. The summed E-state index contributed by atoms with van der Waals surface area (Å²) in [5, 5.41) is 0. The molecule has 0 saturated carbocycles. The zero-order chi connectivity index (χ0) is 7.28. The van der Waals surface area contributed by atoms with Crippen LogP contribution in [0.1, 0.15) is 19.5 Å². The standard InChI is InChI=1S/C4H4ClNS.C2H6/c1-3-4(5)7-2-6-3;1-2/h2H,1H3;1-2H3. The molecule has 0 unspecified atom stereocenters. The fourth-order valence-corrected chi connectivity index (χ4v) is 0.983. The number of thiazole rings is 1. The summed E-state index contributed by atoms with van der Waals surface area (Å²) in [7, 11) is 0. The fraction of sp³-hybridized carbons (Fsp3) is 0.500. The minimum absolute atomic E-state index is 0.792. The molecule has 1 heterocycles. The van der Waals surface area contributed by atoms with Gasteiger partial charge in [-0.2, -0.15) is 0 Å². The molecule has 0 amide bonds. The van der Waals surface area contributed by atoms with E-state index in [-0.39, 0.29) is 0 Å². The van der Waals surface area contributed by atoms with Crippen molar-refractivity contribution in [2.45, 2.75) is 20.8 Å². The second kappa shape index (κ2) is 4.77. The van der Waals surface area contributed by atoms with Crippen LogP contribution in [0.4, 0.5) is 0 Å². The molecule has 0 fully saturated rings. The van der Waals surface area contributed by atoms with Gasteiger partial charge in [-0.1, -0.05) is 25.4 Å². The smallest absolute Gasteiger partial charge is 0.116 e. The molecule has 0 spiro atoms. The first-order valence-electron chi connectivity index (χ1n) is 2.86. The van der Waals surface area contributed by atoms with Gasteiger partial charge in [-0.05, 0) is 6.92 Å². The summed E-state index contributed by atoms with van der Waals surface area (Å²) < 4.78 is 0.792. The summed E-state index contributed by atoms with van der Waals surface area (Å²) in [6, 6.07) is 0. The van der Waals surface area contributed by atoms with Crippen LogP contribution in [-0.2, 0) is 0 Å². The van der Waals surface area contributed by atoms with Crippen LogP contribution in [-0.4, -0.2) is 4.98 Å². The quantitative estimate of drug-likeness (QED) is 0.573. The van der Waals surface area contributed by atoms with Crippen LogP contribution in [0.3, 0.4) is 0 Å². The Morgan fingerprint density at radius 2 is 2.11 bits per heavy atom. The van der Waals surface area contributed by atoms with Crippen LogP contribution < -0.4 is 0 Å². The van der Waals surface area contributed by atoms with Gasteiger partial charge in [0.15, 0.2) is 0 Å². The molecule has 1 nitrogen and oxygen atoms in total. The maximum absolute atomic E-state index is 5.58. The van der Waals surface area contributed by atoms with E-state index < -0.39 is 0 Å². The van der Waals surface area contributed by atoms with Crippen molar-refractivity contribution >= 4 is 22.9 Å². The third kappa shape index (κ3) is 2.82. The van der Waals surface area contributed by atoms with Gasteiger partial charge in [-0.25, -0.2) is 4.98 Å². The minimum atomic E-state index is 0.792. The molecule has 0 aliphatic carbocycles. The van der Waals surface area contributed by atoms with Gasteiger partial charge in [0.05, 0.1) is 11.2 Å². The van der Waals surface area contributed by atoms with E-state index in [1.54, 1.807) is 5.51 Å². The molecule has 0 aliphatic rings. The summed E-state index contributed by atoms with van der Waals surface area (Å²) in [4.78, 5) is 3.90. The van der Waals surface area contributed by atoms with E-state index in [9.17, 15) is 0 Å². The van der Waals surface area contributed by atoms with Gasteiger partial charge < -0.3 is 0 Å². The Morgan fingerprint density at radius 3 is 2.22 bits per heavy atom. The summed E-state index contributed by atoms with van der Waals surface area (Å²) in [5.41, 5.74) is 2.66. The summed E-state index contributed by atoms with van der Waals surface area (Å²) in [6.07, 6.45) is 0. The minimum Gasteiger partial charge on any atom is -0.248 e. The second-order valence-electron chi connectivity index (χ2n) is 1.21. The van der Waals surface area contributed by atoms with E-state index in [0.717, 1.165) is 10.0 Å². The van der Waals surface area contributed by atoms with Crippen molar-refractivity contribution in [3.8, 4) is 0 Å². The Bertz CT molecular complexity index is 145. The van der Waals surface area contributed by atoms with Gasteiger partial charge in [0.2, 0.25) is 0 Å².